The zero-order chi connectivity index (χ0) is 20.8. The zero-order valence-corrected chi connectivity index (χ0v) is 16.4. The molecule has 1 heterocycles. The van der Waals surface area contributed by atoms with Gasteiger partial charge in [-0.15, -0.1) is 0 Å². The Bertz CT molecular complexity index is 881. The van der Waals surface area contributed by atoms with Gasteiger partial charge in [0.15, 0.2) is 0 Å². The highest BCUT2D eigenvalue weighted by Gasteiger charge is 2.23. The minimum Gasteiger partial charge on any atom is -0.497 e. The molecule has 0 spiro atoms. The highest BCUT2D eigenvalue weighted by atomic mass is 16.5. The first-order valence-electron chi connectivity index (χ1n) is 8.52. The van der Waals surface area contributed by atoms with Gasteiger partial charge in [-0.2, -0.15) is 0 Å². The van der Waals surface area contributed by atoms with E-state index in [-0.39, 0.29) is 17.9 Å². The monoisotopic (exact) mass is 389 g/mol. The molecule has 0 aliphatic carbocycles. The molecule has 2 rings (SSSR count). The molecule has 9 nitrogen and oxygen atoms in total. The molecule has 0 saturated carbocycles. The molecule has 2 aromatic rings. The average Bonchev–Trinajstić information content (AvgIpc) is 2.99. The van der Waals surface area contributed by atoms with Gasteiger partial charge in [0.1, 0.15) is 17.2 Å². The van der Waals surface area contributed by atoms with Crippen molar-refractivity contribution in [1.82, 2.24) is 15.8 Å². The molecule has 0 saturated heterocycles. The maximum Gasteiger partial charge on any atom is 0.340 e. The van der Waals surface area contributed by atoms with Gasteiger partial charge < -0.3 is 19.2 Å². The number of aromatic nitrogens is 1. The van der Waals surface area contributed by atoms with Gasteiger partial charge in [-0.1, -0.05) is 0 Å². The number of aromatic amines is 1. The van der Waals surface area contributed by atoms with E-state index >= 15 is 0 Å². The molecular weight excluding hydrogens is 366 g/mol. The second kappa shape index (κ2) is 8.94. The van der Waals surface area contributed by atoms with E-state index in [0.29, 0.717) is 28.3 Å². The van der Waals surface area contributed by atoms with Crippen LogP contribution in [0.2, 0.25) is 0 Å². The molecule has 0 atom stereocenters. The number of ether oxygens (including phenoxy) is 3. The Hall–Kier alpha value is -3.49. The zero-order valence-electron chi connectivity index (χ0n) is 16.4. The van der Waals surface area contributed by atoms with Crippen molar-refractivity contribution < 1.29 is 28.6 Å². The summed E-state index contributed by atoms with van der Waals surface area (Å²) in [6.07, 6.45) is 0. The summed E-state index contributed by atoms with van der Waals surface area (Å²) >= 11 is 0. The van der Waals surface area contributed by atoms with E-state index in [1.807, 2.05) is 0 Å². The molecule has 2 amide bonds. The van der Waals surface area contributed by atoms with Crippen molar-refractivity contribution >= 4 is 17.8 Å². The van der Waals surface area contributed by atoms with Crippen molar-refractivity contribution in [2.75, 3.05) is 20.8 Å². The van der Waals surface area contributed by atoms with E-state index in [1.54, 1.807) is 26.8 Å². The molecule has 1 aromatic heterocycles. The van der Waals surface area contributed by atoms with E-state index in [9.17, 15) is 14.4 Å². The number of carbonyl (C=O) groups is 3. The van der Waals surface area contributed by atoms with Crippen LogP contribution in [0, 0.1) is 13.8 Å². The lowest BCUT2D eigenvalue weighted by atomic mass is 10.1. The maximum atomic E-state index is 12.4. The number of aryl methyl sites for hydroxylation is 1. The summed E-state index contributed by atoms with van der Waals surface area (Å²) in [7, 11) is 2.94. The SMILES string of the molecule is CCOC(=O)c1c(C)[nH]c(C(=O)NNC(=O)c2cc(OC)cc(OC)c2)c1C. The molecular formula is C19H23N3O6. The van der Waals surface area contributed by atoms with Crippen LogP contribution in [0.1, 0.15) is 49.4 Å². The summed E-state index contributed by atoms with van der Waals surface area (Å²) in [6, 6.07) is 4.64. The van der Waals surface area contributed by atoms with Gasteiger partial charge in [0.05, 0.1) is 26.4 Å². The predicted molar refractivity (Wildman–Crippen MR) is 101 cm³/mol. The molecule has 0 fully saturated rings. The van der Waals surface area contributed by atoms with Crippen LogP contribution in [-0.2, 0) is 4.74 Å². The Kier molecular flexibility index (Phi) is 6.64. The Morgan fingerprint density at radius 2 is 1.54 bits per heavy atom. The van der Waals surface area contributed by atoms with Crippen molar-refractivity contribution in [3.05, 3.63) is 46.3 Å². The van der Waals surface area contributed by atoms with E-state index < -0.39 is 17.8 Å². The number of nitrogens with one attached hydrogen (secondary N) is 3. The Morgan fingerprint density at radius 1 is 0.964 bits per heavy atom. The van der Waals surface area contributed by atoms with Crippen molar-refractivity contribution in [1.29, 1.82) is 0 Å². The van der Waals surface area contributed by atoms with Gasteiger partial charge in [-0.05, 0) is 38.5 Å². The number of H-pyrrole nitrogens is 1. The molecule has 0 aliphatic rings. The van der Waals surface area contributed by atoms with Gasteiger partial charge in [0.25, 0.3) is 11.8 Å². The molecule has 1 aromatic carbocycles. The highest BCUT2D eigenvalue weighted by Crippen LogP contribution is 2.22. The van der Waals surface area contributed by atoms with Crippen LogP contribution in [0.15, 0.2) is 18.2 Å². The molecule has 28 heavy (non-hydrogen) atoms. The largest absolute Gasteiger partial charge is 0.497 e. The third kappa shape index (κ3) is 4.43. The van der Waals surface area contributed by atoms with E-state index in [4.69, 9.17) is 14.2 Å². The first-order valence-corrected chi connectivity index (χ1v) is 8.52. The molecule has 0 unspecified atom stereocenters. The van der Waals surface area contributed by atoms with Crippen LogP contribution in [0.4, 0.5) is 0 Å². The highest BCUT2D eigenvalue weighted by molar-refractivity contribution is 6.02. The second-order valence-corrected chi connectivity index (χ2v) is 5.86. The van der Waals surface area contributed by atoms with Crippen LogP contribution in [0.5, 0.6) is 11.5 Å². The number of rotatable bonds is 6. The molecule has 3 N–H and O–H groups in total. The average molecular weight is 389 g/mol. The number of hydrogen-bond donors (Lipinski definition) is 3. The van der Waals surface area contributed by atoms with Crippen molar-refractivity contribution in [3.8, 4) is 11.5 Å². The lowest BCUT2D eigenvalue weighted by molar-refractivity contribution is 0.0524. The Morgan fingerprint density at radius 3 is 2.07 bits per heavy atom. The second-order valence-electron chi connectivity index (χ2n) is 5.86. The first kappa shape index (κ1) is 20.8. The molecule has 9 heteroatoms. The summed E-state index contributed by atoms with van der Waals surface area (Å²) in [5.41, 5.74) is 6.28. The van der Waals surface area contributed by atoms with Gasteiger partial charge in [-0.3, -0.25) is 20.4 Å². The number of hydrogen-bond acceptors (Lipinski definition) is 6. The van der Waals surface area contributed by atoms with Crippen LogP contribution >= 0.6 is 0 Å². The Balaban J connectivity index is 2.13. The fourth-order valence-electron chi connectivity index (χ4n) is 2.67. The first-order chi connectivity index (χ1) is 13.3. The fourth-order valence-corrected chi connectivity index (χ4v) is 2.67. The number of benzene rings is 1. The van der Waals surface area contributed by atoms with Gasteiger partial charge in [0.2, 0.25) is 0 Å². The smallest absolute Gasteiger partial charge is 0.340 e. The Labute approximate surface area is 162 Å². The lowest BCUT2D eigenvalue weighted by Crippen LogP contribution is -2.42. The topological polar surface area (TPSA) is 119 Å². The summed E-state index contributed by atoms with van der Waals surface area (Å²) < 4.78 is 15.2. The van der Waals surface area contributed by atoms with Crippen molar-refractivity contribution in [2.45, 2.75) is 20.8 Å². The molecule has 0 bridgehead atoms. The normalized spacial score (nSPS) is 10.2. The van der Waals surface area contributed by atoms with E-state index in [2.05, 4.69) is 15.8 Å². The van der Waals surface area contributed by atoms with Gasteiger partial charge in [0, 0.05) is 17.3 Å². The fraction of sp³-hybridized carbons (Fsp3) is 0.316. The summed E-state index contributed by atoms with van der Waals surface area (Å²) in [5, 5.41) is 0. The minimum atomic E-state index is -0.598. The summed E-state index contributed by atoms with van der Waals surface area (Å²) in [4.78, 5) is 39.7. The lowest BCUT2D eigenvalue weighted by Gasteiger charge is -2.10. The van der Waals surface area contributed by atoms with Crippen molar-refractivity contribution in [2.24, 2.45) is 0 Å². The third-order valence-electron chi connectivity index (χ3n) is 4.05. The van der Waals surface area contributed by atoms with Crippen molar-refractivity contribution in [3.63, 3.8) is 0 Å². The van der Waals surface area contributed by atoms with Crippen LogP contribution in [0.25, 0.3) is 0 Å². The van der Waals surface area contributed by atoms with Crippen LogP contribution < -0.4 is 20.3 Å². The number of methoxy groups -OCH3 is 2. The van der Waals surface area contributed by atoms with Gasteiger partial charge in [-0.25, -0.2) is 4.79 Å². The van der Waals surface area contributed by atoms with Gasteiger partial charge >= 0.3 is 5.97 Å². The number of esters is 1. The number of amides is 2. The summed E-state index contributed by atoms with van der Waals surface area (Å²) in [5.74, 6) is -0.798. The molecule has 0 radical (unpaired) electrons. The number of hydrazine groups is 1. The minimum absolute atomic E-state index is 0.157. The predicted octanol–water partition coefficient (Wildman–Crippen LogP) is 1.90. The third-order valence-corrected chi connectivity index (χ3v) is 4.05. The molecule has 0 aliphatic heterocycles. The summed E-state index contributed by atoms with van der Waals surface area (Å²) in [6.45, 7) is 5.22. The quantitative estimate of drug-likeness (QED) is 0.513. The standard InChI is InChI=1S/C19H23N3O6/c1-6-28-19(25)15-10(2)16(20-11(15)3)18(24)22-21-17(23)12-7-13(26-4)9-14(8-12)27-5/h7-9,20H,6H2,1-5H3,(H,21,23)(H,22,24). The number of carbonyl (C=O) groups excluding carboxylic acids is 3. The maximum absolute atomic E-state index is 12.4. The molecule has 150 valence electrons. The van der Waals surface area contributed by atoms with Crippen LogP contribution in [-0.4, -0.2) is 43.6 Å². The van der Waals surface area contributed by atoms with Crippen LogP contribution in [0.3, 0.4) is 0 Å². The van der Waals surface area contributed by atoms with E-state index in [1.165, 1.54) is 26.4 Å². The van der Waals surface area contributed by atoms with E-state index in [0.717, 1.165) is 0 Å².